The third kappa shape index (κ3) is 4.52. The van der Waals surface area contributed by atoms with Crippen molar-refractivity contribution in [2.24, 2.45) is 4.99 Å². The van der Waals surface area contributed by atoms with Crippen molar-refractivity contribution in [3.63, 3.8) is 0 Å². The highest BCUT2D eigenvalue weighted by molar-refractivity contribution is 7.07. The number of pyridine rings is 1. The van der Waals surface area contributed by atoms with Crippen molar-refractivity contribution in [2.75, 3.05) is 20.8 Å². The molecule has 0 amide bonds. The fraction of sp³-hybridized carbons (Fsp3) is 0.161. The molecule has 41 heavy (non-hydrogen) atoms. The molecule has 6 rings (SSSR count). The van der Waals surface area contributed by atoms with Gasteiger partial charge in [0.15, 0.2) is 16.3 Å². The van der Waals surface area contributed by atoms with E-state index in [-0.39, 0.29) is 17.7 Å². The minimum absolute atomic E-state index is 0.158. The molecule has 1 aliphatic rings. The molecular formula is C31H26N4O5S. The Labute approximate surface area is 238 Å². The fourth-order valence-electron chi connectivity index (χ4n) is 5.10. The van der Waals surface area contributed by atoms with E-state index in [1.54, 1.807) is 36.9 Å². The van der Waals surface area contributed by atoms with Crippen LogP contribution in [0.5, 0.6) is 11.5 Å². The van der Waals surface area contributed by atoms with Gasteiger partial charge in [-0.25, -0.2) is 14.8 Å². The van der Waals surface area contributed by atoms with Gasteiger partial charge in [0.2, 0.25) is 0 Å². The first-order valence-corrected chi connectivity index (χ1v) is 13.8. The predicted octanol–water partition coefficient (Wildman–Crippen LogP) is 3.83. The second-order valence-corrected chi connectivity index (χ2v) is 10.2. The first kappa shape index (κ1) is 26.3. The summed E-state index contributed by atoms with van der Waals surface area (Å²) in [4.78, 5) is 40.7. The molecule has 0 spiro atoms. The van der Waals surface area contributed by atoms with Crippen molar-refractivity contribution in [2.45, 2.75) is 13.0 Å². The molecule has 3 aromatic heterocycles. The highest BCUT2D eigenvalue weighted by atomic mass is 32.1. The second kappa shape index (κ2) is 10.9. The van der Waals surface area contributed by atoms with Crippen LogP contribution in [0.25, 0.3) is 22.8 Å². The quantitative estimate of drug-likeness (QED) is 0.300. The van der Waals surface area contributed by atoms with Crippen LogP contribution < -0.4 is 24.4 Å². The lowest BCUT2D eigenvalue weighted by Crippen LogP contribution is -2.40. The number of nitrogens with one attached hydrogen (secondary N) is 1. The number of aromatic amines is 1. The second-order valence-electron chi connectivity index (χ2n) is 9.16. The number of aromatic nitrogens is 3. The average Bonchev–Trinajstić information content (AvgIpc) is 3.56. The van der Waals surface area contributed by atoms with Gasteiger partial charge in [-0.3, -0.25) is 9.36 Å². The number of thiazole rings is 1. The number of carbonyl (C=O) groups is 1. The van der Waals surface area contributed by atoms with Gasteiger partial charge in [0.25, 0.3) is 5.56 Å². The zero-order chi connectivity index (χ0) is 28.5. The summed E-state index contributed by atoms with van der Waals surface area (Å²) in [6.45, 7) is 1.90. The van der Waals surface area contributed by atoms with Crippen molar-refractivity contribution in [3.8, 4) is 11.5 Å². The molecule has 10 heteroatoms. The van der Waals surface area contributed by atoms with E-state index in [0.717, 1.165) is 22.2 Å². The first-order chi connectivity index (χ1) is 20.0. The van der Waals surface area contributed by atoms with Gasteiger partial charge >= 0.3 is 5.97 Å². The molecule has 0 fully saturated rings. The van der Waals surface area contributed by atoms with Gasteiger partial charge in [-0.1, -0.05) is 53.8 Å². The van der Waals surface area contributed by atoms with E-state index in [9.17, 15) is 9.59 Å². The number of para-hydroxylation sites is 1. The van der Waals surface area contributed by atoms with Crippen molar-refractivity contribution < 1.29 is 19.0 Å². The summed E-state index contributed by atoms with van der Waals surface area (Å²) in [6.07, 6.45) is 5.35. The summed E-state index contributed by atoms with van der Waals surface area (Å²) in [5.41, 5.74) is 3.21. The largest absolute Gasteiger partial charge is 0.493 e. The van der Waals surface area contributed by atoms with Crippen LogP contribution >= 0.6 is 11.3 Å². The third-order valence-electron chi connectivity index (χ3n) is 6.87. The molecule has 4 heterocycles. The van der Waals surface area contributed by atoms with Gasteiger partial charge in [0.05, 0.1) is 36.6 Å². The molecule has 2 aromatic carbocycles. The highest BCUT2D eigenvalue weighted by Crippen LogP contribution is 2.42. The number of methoxy groups -OCH3 is 2. The van der Waals surface area contributed by atoms with Crippen LogP contribution in [0, 0.1) is 0 Å². The van der Waals surface area contributed by atoms with Crippen LogP contribution in [-0.2, 0) is 9.53 Å². The molecule has 1 atom stereocenters. The number of rotatable bonds is 7. The molecule has 1 aliphatic heterocycles. The number of hydrogen-bond donors (Lipinski definition) is 1. The first-order valence-electron chi connectivity index (χ1n) is 13.0. The van der Waals surface area contributed by atoms with E-state index in [2.05, 4.69) is 9.97 Å². The number of nitrogens with zero attached hydrogens (tertiary/aromatic N) is 3. The molecule has 0 bridgehead atoms. The monoisotopic (exact) mass is 566 g/mol. The number of ether oxygens (including phenoxy) is 3. The number of hydrogen-bond acceptors (Lipinski definition) is 8. The average molecular weight is 567 g/mol. The van der Waals surface area contributed by atoms with Crippen LogP contribution in [0.1, 0.15) is 29.7 Å². The molecule has 0 radical (unpaired) electrons. The normalized spacial score (nSPS) is 15.0. The molecule has 0 saturated carbocycles. The Bertz CT molecular complexity index is 1990. The van der Waals surface area contributed by atoms with Crippen LogP contribution in [0.3, 0.4) is 0 Å². The Balaban J connectivity index is 1.69. The molecular weight excluding hydrogens is 540 g/mol. The summed E-state index contributed by atoms with van der Waals surface area (Å²) in [6, 6.07) is 17.7. The van der Waals surface area contributed by atoms with Crippen LogP contribution in [0.4, 0.5) is 0 Å². The maximum Gasteiger partial charge on any atom is 0.338 e. The number of H-pyrrole nitrogens is 1. The number of benzene rings is 2. The molecule has 1 N–H and O–H groups in total. The van der Waals surface area contributed by atoms with E-state index in [1.807, 2.05) is 60.8 Å². The molecule has 206 valence electrons. The van der Waals surface area contributed by atoms with Gasteiger partial charge in [-0.05, 0) is 31.2 Å². The SMILES string of the molecule is CCOC(=O)C1=C(c2ccccc2)N=c2s/c(=C\c3c[nH]c4ncccc34)c(=O)n2C1c1cccc(OC)c1OC. The smallest absolute Gasteiger partial charge is 0.338 e. The third-order valence-corrected chi connectivity index (χ3v) is 7.85. The lowest BCUT2D eigenvalue weighted by molar-refractivity contribution is -0.138. The lowest BCUT2D eigenvalue weighted by atomic mass is 9.92. The molecule has 9 nitrogen and oxygen atoms in total. The van der Waals surface area contributed by atoms with Crippen molar-refractivity contribution in [1.82, 2.24) is 14.5 Å². The fourth-order valence-corrected chi connectivity index (χ4v) is 6.09. The lowest BCUT2D eigenvalue weighted by Gasteiger charge is -2.27. The van der Waals surface area contributed by atoms with E-state index in [1.165, 1.54) is 18.4 Å². The van der Waals surface area contributed by atoms with E-state index in [4.69, 9.17) is 19.2 Å². The Hall–Kier alpha value is -4.96. The highest BCUT2D eigenvalue weighted by Gasteiger charge is 2.37. The van der Waals surface area contributed by atoms with E-state index in [0.29, 0.717) is 32.1 Å². The van der Waals surface area contributed by atoms with Crippen molar-refractivity contribution in [3.05, 3.63) is 115 Å². The molecule has 0 aliphatic carbocycles. The van der Waals surface area contributed by atoms with Crippen LogP contribution in [0.15, 0.2) is 88.4 Å². The van der Waals surface area contributed by atoms with Gasteiger partial charge in [0, 0.05) is 34.5 Å². The Morgan fingerprint density at radius 1 is 1.07 bits per heavy atom. The Kier molecular flexibility index (Phi) is 6.98. The standard InChI is InChI=1S/C31H26N4O5S/c1-4-40-30(37)24-25(18-10-6-5-7-11-18)34-31-35(26(24)21-12-8-14-22(38-2)27(21)39-3)29(36)23(41-31)16-19-17-33-28-20(19)13-9-15-32-28/h5-17,26H,4H2,1-3H3,(H,32,33)/b23-16-. The van der Waals surface area contributed by atoms with E-state index >= 15 is 0 Å². The van der Waals surface area contributed by atoms with Crippen LogP contribution in [-0.4, -0.2) is 41.3 Å². The summed E-state index contributed by atoms with van der Waals surface area (Å²) in [5.74, 6) is 0.315. The molecule has 1 unspecified atom stereocenters. The predicted molar refractivity (Wildman–Crippen MR) is 157 cm³/mol. The number of esters is 1. The van der Waals surface area contributed by atoms with Crippen molar-refractivity contribution in [1.29, 1.82) is 0 Å². The molecule has 5 aromatic rings. The summed E-state index contributed by atoms with van der Waals surface area (Å²) >= 11 is 1.25. The summed E-state index contributed by atoms with van der Waals surface area (Å²) < 4.78 is 18.9. The number of carbonyl (C=O) groups excluding carboxylic acids is 1. The minimum atomic E-state index is -0.891. The zero-order valence-electron chi connectivity index (χ0n) is 22.6. The minimum Gasteiger partial charge on any atom is -0.493 e. The maximum atomic E-state index is 14.2. The maximum absolute atomic E-state index is 14.2. The van der Waals surface area contributed by atoms with Gasteiger partial charge < -0.3 is 19.2 Å². The van der Waals surface area contributed by atoms with Crippen molar-refractivity contribution >= 4 is 40.1 Å². The zero-order valence-corrected chi connectivity index (χ0v) is 23.4. The summed E-state index contributed by atoms with van der Waals surface area (Å²) in [7, 11) is 3.07. The molecule has 0 saturated heterocycles. The topological polar surface area (TPSA) is 108 Å². The van der Waals surface area contributed by atoms with Gasteiger partial charge in [-0.15, -0.1) is 0 Å². The number of fused-ring (bicyclic) bond motifs is 2. The van der Waals surface area contributed by atoms with E-state index < -0.39 is 12.0 Å². The Morgan fingerprint density at radius 2 is 1.90 bits per heavy atom. The van der Waals surface area contributed by atoms with Gasteiger partial charge in [-0.2, -0.15) is 0 Å². The van der Waals surface area contributed by atoms with Crippen LogP contribution in [0.2, 0.25) is 0 Å². The summed E-state index contributed by atoms with van der Waals surface area (Å²) in [5, 5.41) is 0.890. The van der Waals surface area contributed by atoms with Gasteiger partial charge in [0.1, 0.15) is 11.7 Å². The Morgan fingerprint density at radius 3 is 2.66 bits per heavy atom.